The van der Waals surface area contributed by atoms with E-state index in [0.717, 1.165) is 22.2 Å². The van der Waals surface area contributed by atoms with Crippen LogP contribution in [0.5, 0.6) is 0 Å². The van der Waals surface area contributed by atoms with E-state index in [-0.39, 0.29) is 5.97 Å². The van der Waals surface area contributed by atoms with Gasteiger partial charge in [-0.3, -0.25) is 0 Å². The lowest BCUT2D eigenvalue weighted by Gasteiger charge is -2.12. The quantitative estimate of drug-likeness (QED) is 0.667. The summed E-state index contributed by atoms with van der Waals surface area (Å²) in [6.07, 6.45) is 6.38. The van der Waals surface area contributed by atoms with Gasteiger partial charge in [-0.1, -0.05) is 6.08 Å². The maximum Gasteiger partial charge on any atom is 0.342 e. The molecule has 0 fully saturated rings. The highest BCUT2D eigenvalue weighted by Crippen LogP contribution is 2.33. The molecule has 0 amide bonds. The minimum atomic E-state index is -0.369. The summed E-state index contributed by atoms with van der Waals surface area (Å²) in [5.74, 6) is 0.844. The minimum absolute atomic E-state index is 0.321. The molecule has 0 spiro atoms. The first-order valence-corrected chi connectivity index (χ1v) is 8.70. The molecule has 4 heterocycles. The molecular formula is C20H20N2O4. The zero-order valence-corrected chi connectivity index (χ0v) is 14.8. The maximum absolute atomic E-state index is 12.4. The summed E-state index contributed by atoms with van der Waals surface area (Å²) in [6, 6.07) is 5.70. The van der Waals surface area contributed by atoms with Crippen LogP contribution < -0.4 is 0 Å². The third-order valence-corrected chi connectivity index (χ3v) is 4.48. The highest BCUT2D eigenvalue weighted by Gasteiger charge is 2.23. The van der Waals surface area contributed by atoms with E-state index in [4.69, 9.17) is 13.9 Å². The van der Waals surface area contributed by atoms with E-state index in [1.807, 2.05) is 42.0 Å². The highest BCUT2D eigenvalue weighted by atomic mass is 16.5. The molecule has 0 unspecified atom stereocenters. The predicted molar refractivity (Wildman–Crippen MR) is 97.0 cm³/mol. The van der Waals surface area contributed by atoms with E-state index < -0.39 is 0 Å². The molecule has 6 heteroatoms. The van der Waals surface area contributed by atoms with Crippen LogP contribution in [0.2, 0.25) is 0 Å². The van der Waals surface area contributed by atoms with Gasteiger partial charge in [0.2, 0.25) is 0 Å². The Morgan fingerprint density at radius 1 is 1.38 bits per heavy atom. The number of rotatable bonds is 4. The molecule has 26 heavy (non-hydrogen) atoms. The summed E-state index contributed by atoms with van der Waals surface area (Å²) in [5.41, 5.74) is 4.41. The van der Waals surface area contributed by atoms with E-state index in [0.29, 0.717) is 43.3 Å². The van der Waals surface area contributed by atoms with Crippen molar-refractivity contribution >= 4 is 17.1 Å². The molecule has 3 aromatic rings. The van der Waals surface area contributed by atoms with Gasteiger partial charge in [0.1, 0.15) is 17.1 Å². The summed E-state index contributed by atoms with van der Waals surface area (Å²) in [4.78, 5) is 12.4. The average Bonchev–Trinajstić information content (AvgIpc) is 3.27. The molecule has 0 bridgehead atoms. The molecular weight excluding hydrogens is 332 g/mol. The van der Waals surface area contributed by atoms with Crippen molar-refractivity contribution in [1.82, 2.24) is 9.61 Å². The van der Waals surface area contributed by atoms with Crippen LogP contribution >= 0.6 is 0 Å². The number of pyridine rings is 1. The topological polar surface area (TPSA) is 66.0 Å². The predicted octanol–water partition coefficient (Wildman–Crippen LogP) is 3.88. The van der Waals surface area contributed by atoms with Crippen LogP contribution in [0.4, 0.5) is 0 Å². The van der Waals surface area contributed by atoms with E-state index in [1.165, 1.54) is 0 Å². The molecule has 0 N–H and O–H groups in total. The van der Waals surface area contributed by atoms with Crippen LogP contribution in [0.3, 0.4) is 0 Å². The van der Waals surface area contributed by atoms with E-state index in [2.05, 4.69) is 5.10 Å². The van der Waals surface area contributed by atoms with E-state index in [1.54, 1.807) is 13.0 Å². The molecule has 6 nitrogen and oxygen atoms in total. The standard InChI is InChI=1S/C20H20N2O4/c1-3-25-20(23)16-11-18(26-19(16)14-5-8-24-9-6-14)15-4-7-22-17(10-15)13(2)12-21-22/h4-5,7,10-12H,3,6,8-9H2,1-2H3. The summed E-state index contributed by atoms with van der Waals surface area (Å²) in [7, 11) is 0. The first-order chi connectivity index (χ1) is 12.7. The van der Waals surface area contributed by atoms with Crippen LogP contribution in [0.25, 0.3) is 22.4 Å². The van der Waals surface area contributed by atoms with Crippen molar-refractivity contribution in [3.05, 3.63) is 53.6 Å². The average molecular weight is 352 g/mol. The summed E-state index contributed by atoms with van der Waals surface area (Å²) in [6.45, 7) is 5.26. The van der Waals surface area contributed by atoms with Gasteiger partial charge >= 0.3 is 5.97 Å². The zero-order valence-electron chi connectivity index (χ0n) is 14.8. The SMILES string of the molecule is CCOC(=O)c1cc(-c2ccn3ncc(C)c3c2)oc1C1=CCOCC1. The smallest absolute Gasteiger partial charge is 0.342 e. The fourth-order valence-electron chi connectivity index (χ4n) is 3.12. The van der Waals surface area contributed by atoms with Gasteiger partial charge in [-0.25, -0.2) is 9.31 Å². The number of aromatic nitrogens is 2. The number of hydrogen-bond acceptors (Lipinski definition) is 5. The van der Waals surface area contributed by atoms with Crippen molar-refractivity contribution < 1.29 is 18.7 Å². The second kappa shape index (κ2) is 6.80. The van der Waals surface area contributed by atoms with E-state index >= 15 is 0 Å². The second-order valence-electron chi connectivity index (χ2n) is 6.20. The normalized spacial score (nSPS) is 14.5. The van der Waals surface area contributed by atoms with Crippen LogP contribution in [-0.2, 0) is 9.47 Å². The lowest BCUT2D eigenvalue weighted by atomic mass is 10.0. The summed E-state index contributed by atoms with van der Waals surface area (Å²) >= 11 is 0. The molecule has 0 aromatic carbocycles. The first kappa shape index (κ1) is 16.6. The molecule has 134 valence electrons. The fourth-order valence-corrected chi connectivity index (χ4v) is 3.12. The van der Waals surface area contributed by atoms with Crippen molar-refractivity contribution in [3.8, 4) is 11.3 Å². The van der Waals surface area contributed by atoms with Crippen molar-refractivity contribution in [2.45, 2.75) is 20.3 Å². The Labute approximate surface area is 151 Å². The van der Waals surface area contributed by atoms with Gasteiger partial charge in [-0.2, -0.15) is 5.10 Å². The lowest BCUT2D eigenvalue weighted by molar-refractivity contribution is 0.0525. The largest absolute Gasteiger partial charge is 0.462 e. The van der Waals surface area contributed by atoms with Gasteiger partial charge in [0.05, 0.1) is 31.5 Å². The van der Waals surface area contributed by atoms with Crippen molar-refractivity contribution in [2.75, 3.05) is 19.8 Å². The molecule has 3 aromatic heterocycles. The van der Waals surface area contributed by atoms with Crippen LogP contribution in [0.15, 0.2) is 41.1 Å². The number of aryl methyl sites for hydroxylation is 1. The lowest BCUT2D eigenvalue weighted by Crippen LogP contribution is -2.08. The molecule has 0 aliphatic carbocycles. The monoisotopic (exact) mass is 352 g/mol. The first-order valence-electron chi connectivity index (χ1n) is 8.70. The number of nitrogens with zero attached hydrogens (tertiary/aromatic N) is 2. The zero-order chi connectivity index (χ0) is 18.1. The number of ether oxygens (including phenoxy) is 2. The molecule has 0 radical (unpaired) electrons. The number of carbonyl (C=O) groups excluding carboxylic acids is 1. The highest BCUT2D eigenvalue weighted by molar-refractivity contribution is 5.96. The Hall–Kier alpha value is -2.86. The van der Waals surface area contributed by atoms with Gasteiger partial charge in [-0.15, -0.1) is 0 Å². The molecule has 0 saturated carbocycles. The Morgan fingerprint density at radius 2 is 2.27 bits per heavy atom. The maximum atomic E-state index is 12.4. The van der Waals surface area contributed by atoms with Gasteiger partial charge in [0, 0.05) is 11.8 Å². The molecule has 0 saturated heterocycles. The fraction of sp³-hybridized carbons (Fsp3) is 0.300. The van der Waals surface area contributed by atoms with Crippen molar-refractivity contribution in [1.29, 1.82) is 0 Å². The third kappa shape index (κ3) is 2.93. The van der Waals surface area contributed by atoms with Crippen LogP contribution in [0.1, 0.15) is 35.0 Å². The Morgan fingerprint density at radius 3 is 3.04 bits per heavy atom. The molecule has 1 aliphatic rings. The third-order valence-electron chi connectivity index (χ3n) is 4.48. The second-order valence-corrected chi connectivity index (χ2v) is 6.20. The number of hydrogen-bond donors (Lipinski definition) is 0. The summed E-state index contributed by atoms with van der Waals surface area (Å²) in [5, 5.41) is 4.29. The number of carbonyl (C=O) groups is 1. The number of fused-ring (bicyclic) bond motifs is 1. The Kier molecular flexibility index (Phi) is 4.34. The number of furan rings is 1. The van der Waals surface area contributed by atoms with Gasteiger partial charge < -0.3 is 13.9 Å². The Bertz CT molecular complexity index is 997. The Balaban J connectivity index is 1.81. The number of esters is 1. The van der Waals surface area contributed by atoms with Crippen LogP contribution in [0, 0.1) is 6.92 Å². The van der Waals surface area contributed by atoms with Crippen molar-refractivity contribution in [3.63, 3.8) is 0 Å². The van der Waals surface area contributed by atoms with E-state index in [9.17, 15) is 4.79 Å². The van der Waals surface area contributed by atoms with Gasteiger partial charge in [-0.05, 0) is 49.6 Å². The molecule has 0 atom stereocenters. The minimum Gasteiger partial charge on any atom is -0.462 e. The van der Waals surface area contributed by atoms with Crippen LogP contribution in [-0.4, -0.2) is 35.4 Å². The molecule has 4 rings (SSSR count). The van der Waals surface area contributed by atoms with Gasteiger partial charge in [0.15, 0.2) is 0 Å². The van der Waals surface area contributed by atoms with Crippen molar-refractivity contribution in [2.24, 2.45) is 0 Å². The van der Waals surface area contributed by atoms with Gasteiger partial charge in [0.25, 0.3) is 0 Å². The summed E-state index contributed by atoms with van der Waals surface area (Å²) < 4.78 is 18.5. The molecule has 1 aliphatic heterocycles.